The lowest BCUT2D eigenvalue weighted by atomic mass is 10.2. The maximum absolute atomic E-state index is 4.45. The van der Waals surface area contributed by atoms with E-state index in [1.54, 1.807) is 0 Å². The lowest BCUT2D eigenvalue weighted by molar-refractivity contribution is 0.415. The first-order valence-electron chi connectivity index (χ1n) is 7.95. The summed E-state index contributed by atoms with van der Waals surface area (Å²) >= 11 is 13.2. The van der Waals surface area contributed by atoms with Gasteiger partial charge in [0.25, 0.3) is 0 Å². The van der Waals surface area contributed by atoms with Gasteiger partial charge in [-0.3, -0.25) is 0 Å². The maximum Gasteiger partial charge on any atom is 0.0281 e. The molecule has 0 unspecified atom stereocenters. The summed E-state index contributed by atoms with van der Waals surface area (Å²) in [6.45, 7) is 9.08. The maximum atomic E-state index is 4.45. The monoisotopic (exact) mass is 354 g/mol. The van der Waals surface area contributed by atoms with Crippen LogP contribution in [0.1, 0.15) is 20.3 Å². The molecule has 0 fully saturated rings. The zero-order chi connectivity index (χ0) is 15.9. The van der Waals surface area contributed by atoms with Crippen molar-refractivity contribution in [2.24, 2.45) is 0 Å². The van der Waals surface area contributed by atoms with Crippen molar-refractivity contribution in [3.05, 3.63) is 0 Å². The first kappa shape index (κ1) is 21.9. The van der Waals surface area contributed by atoms with Gasteiger partial charge in [0.2, 0.25) is 0 Å². The van der Waals surface area contributed by atoms with E-state index in [1.165, 1.54) is 0 Å². The number of thiol groups is 3. The lowest BCUT2D eigenvalue weighted by Gasteiger charge is -2.25. The first-order chi connectivity index (χ1) is 10.2. The molecule has 0 saturated carbocycles. The van der Waals surface area contributed by atoms with Gasteiger partial charge in [-0.05, 0) is 25.3 Å². The zero-order valence-corrected chi connectivity index (χ0v) is 16.1. The highest BCUT2D eigenvalue weighted by Gasteiger charge is 2.13. The lowest BCUT2D eigenvalue weighted by Crippen LogP contribution is -2.50. The Morgan fingerprint density at radius 1 is 0.714 bits per heavy atom. The van der Waals surface area contributed by atoms with Crippen LogP contribution in [0.5, 0.6) is 0 Å². The van der Waals surface area contributed by atoms with E-state index in [-0.39, 0.29) is 0 Å². The van der Waals surface area contributed by atoms with Crippen molar-refractivity contribution in [3.8, 4) is 0 Å². The average molecular weight is 355 g/mol. The van der Waals surface area contributed by atoms with Gasteiger partial charge >= 0.3 is 0 Å². The largest absolute Gasteiger partial charge is 0.315 e. The quantitative estimate of drug-likeness (QED) is 0.221. The fraction of sp³-hybridized carbons (Fsp3) is 1.00. The van der Waals surface area contributed by atoms with Crippen LogP contribution in [0.3, 0.4) is 0 Å². The first-order valence-corrected chi connectivity index (χ1v) is 9.84. The molecular formula is C14H34N4S3. The van der Waals surface area contributed by atoms with E-state index in [2.05, 4.69) is 73.0 Å². The minimum atomic E-state index is 0.374. The Morgan fingerprint density at radius 3 is 1.76 bits per heavy atom. The molecule has 0 saturated heterocycles. The van der Waals surface area contributed by atoms with Crippen LogP contribution in [-0.4, -0.2) is 68.1 Å². The summed E-state index contributed by atoms with van der Waals surface area (Å²) in [6, 6.07) is 1.26. The highest BCUT2D eigenvalue weighted by atomic mass is 32.1. The Kier molecular flexibility index (Phi) is 16.4. The third kappa shape index (κ3) is 12.0. The van der Waals surface area contributed by atoms with Crippen LogP contribution < -0.4 is 21.3 Å². The second-order valence-corrected chi connectivity index (χ2v) is 6.33. The molecule has 4 nitrogen and oxygen atoms in total. The summed E-state index contributed by atoms with van der Waals surface area (Å²) in [6.07, 6.45) is 1.08. The number of hydrogen-bond donors (Lipinski definition) is 7. The molecule has 3 atom stereocenters. The van der Waals surface area contributed by atoms with Crippen LogP contribution in [-0.2, 0) is 0 Å². The van der Waals surface area contributed by atoms with Gasteiger partial charge in [-0.15, -0.1) is 0 Å². The van der Waals surface area contributed by atoms with Crippen molar-refractivity contribution in [3.63, 3.8) is 0 Å². The molecule has 0 aliphatic carbocycles. The van der Waals surface area contributed by atoms with Crippen LogP contribution in [0.4, 0.5) is 0 Å². The average Bonchev–Trinajstić information content (AvgIpc) is 2.50. The molecule has 0 aromatic rings. The number of nitrogens with one attached hydrogen (secondary N) is 4. The van der Waals surface area contributed by atoms with Crippen LogP contribution in [0.15, 0.2) is 0 Å². The minimum absolute atomic E-state index is 0.374. The van der Waals surface area contributed by atoms with Gasteiger partial charge in [0.1, 0.15) is 0 Å². The Hall–Kier alpha value is 0.890. The van der Waals surface area contributed by atoms with Crippen LogP contribution in [0, 0.1) is 0 Å². The molecule has 0 aromatic heterocycles. The number of rotatable bonds is 15. The van der Waals surface area contributed by atoms with E-state index in [1.807, 2.05) is 0 Å². The summed E-state index contributed by atoms with van der Waals surface area (Å²) in [5, 5.41) is 14.0. The van der Waals surface area contributed by atoms with E-state index in [0.29, 0.717) is 18.1 Å². The van der Waals surface area contributed by atoms with E-state index >= 15 is 0 Å². The Morgan fingerprint density at radius 2 is 1.29 bits per heavy atom. The van der Waals surface area contributed by atoms with Gasteiger partial charge in [0.05, 0.1) is 0 Å². The molecule has 0 amide bonds. The molecule has 0 heterocycles. The molecule has 21 heavy (non-hydrogen) atoms. The smallest absolute Gasteiger partial charge is 0.0281 e. The van der Waals surface area contributed by atoms with Crippen LogP contribution in [0.2, 0.25) is 0 Å². The van der Waals surface area contributed by atoms with Crippen molar-refractivity contribution in [1.82, 2.24) is 21.3 Å². The van der Waals surface area contributed by atoms with Crippen molar-refractivity contribution in [2.75, 3.05) is 50.0 Å². The van der Waals surface area contributed by atoms with Gasteiger partial charge in [-0.25, -0.2) is 0 Å². The predicted molar refractivity (Wildman–Crippen MR) is 106 cm³/mol. The number of hydrogen-bond acceptors (Lipinski definition) is 7. The summed E-state index contributed by atoms with van der Waals surface area (Å²) in [5.41, 5.74) is 0. The molecule has 0 rings (SSSR count). The fourth-order valence-corrected chi connectivity index (χ4v) is 2.89. The highest BCUT2D eigenvalue weighted by Crippen LogP contribution is 1.96. The molecule has 0 bridgehead atoms. The SMILES string of the molecule is CCNC[C@H](CS)NC[C@H](CS)NC[C@H](CCS)NCC. The third-order valence-corrected chi connectivity index (χ3v) is 4.50. The molecule has 0 aromatic carbocycles. The predicted octanol–water partition coefficient (Wildman–Crippen LogP) is 0.670. The summed E-state index contributed by atoms with van der Waals surface area (Å²) in [4.78, 5) is 0. The standard InChI is InChI=1S/C14H34N4S3/c1-3-15-7-13(10-20)18-9-14(11-21)17-8-12(5-6-19)16-4-2/h12-21H,3-11H2,1-2H3/t12-,13+,14+/m0/s1. The molecule has 128 valence electrons. The summed E-state index contributed by atoms with van der Waals surface area (Å²) in [7, 11) is 0. The van der Waals surface area contributed by atoms with E-state index < -0.39 is 0 Å². The Labute approximate surface area is 147 Å². The van der Waals surface area contributed by atoms with E-state index in [9.17, 15) is 0 Å². The topological polar surface area (TPSA) is 48.1 Å². The zero-order valence-electron chi connectivity index (χ0n) is 13.4. The van der Waals surface area contributed by atoms with Crippen molar-refractivity contribution < 1.29 is 0 Å². The summed E-state index contributed by atoms with van der Waals surface area (Å²) in [5.74, 6) is 2.58. The van der Waals surface area contributed by atoms with E-state index in [0.717, 1.165) is 56.4 Å². The van der Waals surface area contributed by atoms with Crippen molar-refractivity contribution in [2.45, 2.75) is 38.4 Å². The van der Waals surface area contributed by atoms with Gasteiger partial charge < -0.3 is 21.3 Å². The van der Waals surface area contributed by atoms with Crippen molar-refractivity contribution >= 4 is 37.9 Å². The highest BCUT2D eigenvalue weighted by molar-refractivity contribution is 7.80. The summed E-state index contributed by atoms with van der Waals surface area (Å²) < 4.78 is 0. The van der Waals surface area contributed by atoms with Crippen LogP contribution >= 0.6 is 37.9 Å². The van der Waals surface area contributed by atoms with Gasteiger partial charge in [0, 0.05) is 49.3 Å². The molecule has 0 aliphatic heterocycles. The van der Waals surface area contributed by atoms with Crippen LogP contribution in [0.25, 0.3) is 0 Å². The molecule has 0 spiro atoms. The molecule has 0 aliphatic rings. The number of likely N-dealkylation sites (N-methyl/N-ethyl adjacent to an activating group) is 2. The second kappa shape index (κ2) is 15.8. The second-order valence-electron chi connectivity index (χ2n) is 5.15. The fourth-order valence-electron chi connectivity index (χ4n) is 2.06. The minimum Gasteiger partial charge on any atom is -0.315 e. The van der Waals surface area contributed by atoms with E-state index in [4.69, 9.17) is 0 Å². The molecule has 7 heteroatoms. The van der Waals surface area contributed by atoms with Gasteiger partial charge in [-0.1, -0.05) is 13.8 Å². The van der Waals surface area contributed by atoms with Crippen molar-refractivity contribution in [1.29, 1.82) is 0 Å². The molecule has 4 N–H and O–H groups in total. The third-order valence-electron chi connectivity index (χ3n) is 3.36. The molecule has 0 radical (unpaired) electrons. The Bertz CT molecular complexity index is 216. The normalized spacial score (nSPS) is 15.9. The van der Waals surface area contributed by atoms with Gasteiger partial charge in [0.15, 0.2) is 0 Å². The van der Waals surface area contributed by atoms with Gasteiger partial charge in [-0.2, -0.15) is 37.9 Å². The Balaban J connectivity index is 4.01. The molecular weight excluding hydrogens is 320 g/mol.